The zero-order valence-electron chi connectivity index (χ0n) is 14.5. The average molecular weight is 319 g/mol. The topological polar surface area (TPSA) is 49.3 Å². The van der Waals surface area contributed by atoms with E-state index >= 15 is 0 Å². The van der Waals surface area contributed by atoms with Crippen LogP contribution in [0, 0.1) is 0 Å². The van der Waals surface area contributed by atoms with E-state index in [2.05, 4.69) is 60.8 Å². The third kappa shape index (κ3) is 18.3. The zero-order chi connectivity index (χ0) is 17.0. The highest BCUT2D eigenvalue weighted by atomic mass is 16.3. The summed E-state index contributed by atoms with van der Waals surface area (Å²) in [6.07, 6.45) is 25.1. The van der Waals surface area contributed by atoms with E-state index in [0.29, 0.717) is 13.0 Å². The maximum Gasteiger partial charge on any atom is 0.220 e. The highest BCUT2D eigenvalue weighted by Crippen LogP contribution is 2.02. The zero-order valence-corrected chi connectivity index (χ0v) is 14.5. The van der Waals surface area contributed by atoms with Crippen LogP contribution in [-0.2, 0) is 4.79 Å². The number of hydrogen-bond acceptors (Lipinski definition) is 2. The Labute approximate surface area is 141 Å². The molecule has 0 rings (SSSR count). The highest BCUT2D eigenvalue weighted by Gasteiger charge is 1.98. The molecule has 0 radical (unpaired) electrons. The summed E-state index contributed by atoms with van der Waals surface area (Å²) in [4.78, 5) is 11.3. The molecule has 0 saturated carbocycles. The van der Waals surface area contributed by atoms with Crippen molar-refractivity contribution in [2.75, 3.05) is 13.2 Å². The third-order valence-corrected chi connectivity index (χ3v) is 3.18. The largest absolute Gasteiger partial charge is 0.395 e. The van der Waals surface area contributed by atoms with Crippen LogP contribution in [0.4, 0.5) is 0 Å². The number of carbonyl (C=O) groups excluding carboxylic acids is 1. The standard InChI is InChI=1S/C20H33NO2/c1-2-3-4-5-6-7-8-9-10-11-12-13-14-15-16-17-20(23)21-18-19-22/h3-4,6-7,9-10,12-13,22H,2,5,8,11,14-19H2,1H3,(H,21,23)/b4-3-,7-6-,10-9-,13-12-. The minimum Gasteiger partial charge on any atom is -0.395 e. The summed E-state index contributed by atoms with van der Waals surface area (Å²) in [5.74, 6) is 0.0317. The van der Waals surface area contributed by atoms with E-state index in [4.69, 9.17) is 5.11 Å². The predicted molar refractivity (Wildman–Crippen MR) is 99.3 cm³/mol. The molecule has 1 amide bonds. The summed E-state index contributed by atoms with van der Waals surface area (Å²) in [7, 11) is 0. The summed E-state index contributed by atoms with van der Waals surface area (Å²) in [6, 6.07) is 0. The van der Waals surface area contributed by atoms with Crippen molar-refractivity contribution in [2.45, 2.75) is 58.3 Å². The number of hydrogen-bond donors (Lipinski definition) is 2. The van der Waals surface area contributed by atoms with Gasteiger partial charge in [-0.1, -0.05) is 55.5 Å². The molecular weight excluding hydrogens is 286 g/mol. The van der Waals surface area contributed by atoms with Gasteiger partial charge in [0.15, 0.2) is 0 Å². The van der Waals surface area contributed by atoms with E-state index in [0.717, 1.165) is 44.9 Å². The van der Waals surface area contributed by atoms with Gasteiger partial charge in [-0.05, 0) is 44.9 Å². The quantitative estimate of drug-likeness (QED) is 0.367. The third-order valence-electron chi connectivity index (χ3n) is 3.18. The highest BCUT2D eigenvalue weighted by molar-refractivity contribution is 5.75. The Hall–Kier alpha value is -1.61. The Morgan fingerprint density at radius 3 is 2.00 bits per heavy atom. The Morgan fingerprint density at radius 2 is 1.43 bits per heavy atom. The number of carbonyl (C=O) groups is 1. The molecule has 0 aliphatic carbocycles. The predicted octanol–water partition coefficient (Wildman–Crippen LogP) is 4.46. The molecule has 0 saturated heterocycles. The van der Waals surface area contributed by atoms with Gasteiger partial charge in [-0.25, -0.2) is 0 Å². The second kappa shape index (κ2) is 18.4. The van der Waals surface area contributed by atoms with E-state index in [1.54, 1.807) is 0 Å². The Balaban J connectivity index is 3.41. The van der Waals surface area contributed by atoms with Gasteiger partial charge in [0.1, 0.15) is 0 Å². The van der Waals surface area contributed by atoms with Gasteiger partial charge in [-0.15, -0.1) is 0 Å². The van der Waals surface area contributed by atoms with E-state index in [9.17, 15) is 4.79 Å². The van der Waals surface area contributed by atoms with Crippen molar-refractivity contribution in [3.63, 3.8) is 0 Å². The molecule has 130 valence electrons. The van der Waals surface area contributed by atoms with Crippen molar-refractivity contribution in [3.8, 4) is 0 Å². The molecule has 0 spiro atoms. The molecule has 2 N–H and O–H groups in total. The summed E-state index contributed by atoms with van der Waals surface area (Å²) < 4.78 is 0. The van der Waals surface area contributed by atoms with Gasteiger partial charge in [0.2, 0.25) is 5.91 Å². The van der Waals surface area contributed by atoms with Crippen molar-refractivity contribution >= 4 is 5.91 Å². The molecule has 0 aliphatic heterocycles. The number of allylic oxidation sites excluding steroid dienone is 8. The molecule has 0 unspecified atom stereocenters. The van der Waals surface area contributed by atoms with E-state index in [1.165, 1.54) is 0 Å². The first-order valence-corrected chi connectivity index (χ1v) is 8.78. The van der Waals surface area contributed by atoms with Gasteiger partial charge in [0.25, 0.3) is 0 Å². The van der Waals surface area contributed by atoms with Crippen LogP contribution < -0.4 is 5.32 Å². The minimum absolute atomic E-state index is 0.00763. The monoisotopic (exact) mass is 319 g/mol. The second-order valence-electron chi connectivity index (χ2n) is 5.32. The summed E-state index contributed by atoms with van der Waals surface area (Å²) in [5, 5.41) is 11.2. The van der Waals surface area contributed by atoms with Gasteiger partial charge in [-0.3, -0.25) is 4.79 Å². The molecule has 0 aromatic carbocycles. The molecular formula is C20H33NO2. The molecule has 0 fully saturated rings. The fourth-order valence-corrected chi connectivity index (χ4v) is 1.93. The van der Waals surface area contributed by atoms with Gasteiger partial charge in [0.05, 0.1) is 6.61 Å². The maximum atomic E-state index is 11.3. The number of nitrogens with one attached hydrogen (secondary N) is 1. The smallest absolute Gasteiger partial charge is 0.220 e. The van der Waals surface area contributed by atoms with Crippen molar-refractivity contribution in [1.82, 2.24) is 5.32 Å². The fourth-order valence-electron chi connectivity index (χ4n) is 1.93. The lowest BCUT2D eigenvalue weighted by Gasteiger charge is -2.01. The normalized spacial score (nSPS) is 12.3. The van der Waals surface area contributed by atoms with Crippen LogP contribution in [0.15, 0.2) is 48.6 Å². The minimum atomic E-state index is 0.00763. The van der Waals surface area contributed by atoms with Crippen molar-refractivity contribution in [2.24, 2.45) is 0 Å². The first kappa shape index (κ1) is 21.4. The van der Waals surface area contributed by atoms with Crippen molar-refractivity contribution in [3.05, 3.63) is 48.6 Å². The molecule has 0 aromatic rings. The van der Waals surface area contributed by atoms with Gasteiger partial charge in [-0.2, -0.15) is 0 Å². The van der Waals surface area contributed by atoms with Crippen LogP contribution in [-0.4, -0.2) is 24.2 Å². The molecule has 0 atom stereocenters. The first-order chi connectivity index (χ1) is 11.3. The molecule has 23 heavy (non-hydrogen) atoms. The Morgan fingerprint density at radius 1 is 0.870 bits per heavy atom. The molecule has 0 heterocycles. The molecule has 3 heteroatoms. The van der Waals surface area contributed by atoms with Crippen LogP contribution >= 0.6 is 0 Å². The number of amides is 1. The maximum absolute atomic E-state index is 11.3. The molecule has 3 nitrogen and oxygen atoms in total. The summed E-state index contributed by atoms with van der Waals surface area (Å²) in [6.45, 7) is 2.51. The Kier molecular flexibility index (Phi) is 17.1. The number of rotatable bonds is 14. The van der Waals surface area contributed by atoms with Crippen LogP contribution in [0.1, 0.15) is 58.3 Å². The average Bonchev–Trinajstić information content (AvgIpc) is 2.56. The summed E-state index contributed by atoms with van der Waals surface area (Å²) >= 11 is 0. The van der Waals surface area contributed by atoms with E-state index in [1.807, 2.05) is 0 Å². The van der Waals surface area contributed by atoms with Crippen LogP contribution in [0.2, 0.25) is 0 Å². The van der Waals surface area contributed by atoms with Gasteiger partial charge in [0, 0.05) is 13.0 Å². The summed E-state index contributed by atoms with van der Waals surface area (Å²) in [5.41, 5.74) is 0. The lowest BCUT2D eigenvalue weighted by atomic mass is 10.1. The second-order valence-corrected chi connectivity index (χ2v) is 5.32. The Bertz CT molecular complexity index is 381. The van der Waals surface area contributed by atoms with Crippen molar-refractivity contribution < 1.29 is 9.90 Å². The fraction of sp³-hybridized carbons (Fsp3) is 0.550. The van der Waals surface area contributed by atoms with E-state index in [-0.39, 0.29) is 12.5 Å². The molecule has 0 aromatic heterocycles. The van der Waals surface area contributed by atoms with E-state index < -0.39 is 0 Å². The number of aliphatic hydroxyl groups excluding tert-OH is 1. The number of unbranched alkanes of at least 4 members (excludes halogenated alkanes) is 2. The van der Waals surface area contributed by atoms with Crippen LogP contribution in [0.3, 0.4) is 0 Å². The van der Waals surface area contributed by atoms with Crippen molar-refractivity contribution in [1.29, 1.82) is 0 Å². The van der Waals surface area contributed by atoms with Crippen LogP contribution in [0.5, 0.6) is 0 Å². The first-order valence-electron chi connectivity index (χ1n) is 8.78. The SMILES string of the molecule is CC/C=C\C/C=C\C/C=C\C/C=C\CCCCC(=O)NCCO. The molecule has 0 aliphatic rings. The number of aliphatic hydroxyl groups is 1. The van der Waals surface area contributed by atoms with Crippen LogP contribution in [0.25, 0.3) is 0 Å². The van der Waals surface area contributed by atoms with Gasteiger partial charge < -0.3 is 10.4 Å². The molecule has 0 bridgehead atoms. The van der Waals surface area contributed by atoms with Gasteiger partial charge >= 0.3 is 0 Å². The lowest BCUT2D eigenvalue weighted by molar-refractivity contribution is -0.121. The lowest BCUT2D eigenvalue weighted by Crippen LogP contribution is -2.25.